The number of nitro groups is 1. The van der Waals surface area contributed by atoms with E-state index < -0.39 is 22.7 Å². The van der Waals surface area contributed by atoms with Crippen LogP contribution in [0.2, 0.25) is 5.02 Å². The molecule has 0 fully saturated rings. The first kappa shape index (κ1) is 23.2. The maximum atomic E-state index is 14.0. The van der Waals surface area contributed by atoms with Gasteiger partial charge in [-0.05, 0) is 22.9 Å². The molecule has 5 rings (SSSR count). The fourth-order valence-electron chi connectivity index (χ4n) is 3.82. The summed E-state index contributed by atoms with van der Waals surface area (Å²) in [5.74, 6) is -0.886. The van der Waals surface area contributed by atoms with E-state index >= 15 is 0 Å². The second-order valence-electron chi connectivity index (χ2n) is 7.72. The van der Waals surface area contributed by atoms with Gasteiger partial charge < -0.3 is 5.32 Å². The molecule has 2 aromatic heterocycles. The van der Waals surface area contributed by atoms with Gasteiger partial charge in [-0.3, -0.25) is 14.9 Å². The normalized spacial score (nSPS) is 11.7. The van der Waals surface area contributed by atoms with Crippen molar-refractivity contribution in [2.75, 3.05) is 5.32 Å². The monoisotopic (exact) mass is 511 g/mol. The number of alkyl halides is 3. The molecule has 0 aliphatic carbocycles. The number of fused-ring (bicyclic) bond motifs is 2. The van der Waals surface area contributed by atoms with Crippen LogP contribution in [-0.2, 0) is 6.18 Å². The van der Waals surface area contributed by atoms with Crippen molar-refractivity contribution >= 4 is 45.3 Å². The summed E-state index contributed by atoms with van der Waals surface area (Å²) in [5.41, 5.74) is -1.72. The molecule has 2 heterocycles. The van der Waals surface area contributed by atoms with Crippen molar-refractivity contribution in [1.29, 1.82) is 0 Å². The van der Waals surface area contributed by atoms with Gasteiger partial charge in [0.05, 0.1) is 27.5 Å². The van der Waals surface area contributed by atoms with Crippen LogP contribution in [0.4, 0.5) is 24.5 Å². The molecule has 0 atom stereocenters. The summed E-state index contributed by atoms with van der Waals surface area (Å²) < 4.78 is 42.5. The predicted molar refractivity (Wildman–Crippen MR) is 127 cm³/mol. The van der Waals surface area contributed by atoms with Crippen LogP contribution in [0.15, 0.2) is 72.9 Å². The van der Waals surface area contributed by atoms with Gasteiger partial charge in [0.2, 0.25) is 0 Å². The van der Waals surface area contributed by atoms with Crippen LogP contribution in [0.3, 0.4) is 0 Å². The third-order valence-electron chi connectivity index (χ3n) is 5.48. The number of amides is 1. The molecule has 180 valence electrons. The van der Waals surface area contributed by atoms with Crippen LogP contribution in [0.25, 0.3) is 27.7 Å². The highest BCUT2D eigenvalue weighted by molar-refractivity contribution is 6.34. The lowest BCUT2D eigenvalue weighted by atomic mass is 10.0. The molecule has 1 amide bonds. The quantitative estimate of drug-likeness (QED) is 0.223. The van der Waals surface area contributed by atoms with E-state index in [2.05, 4.69) is 15.4 Å². The van der Waals surface area contributed by atoms with Gasteiger partial charge in [0, 0.05) is 17.7 Å². The number of hydrogen-bond acceptors (Lipinski definition) is 5. The molecule has 1 N–H and O–H groups in total. The molecule has 0 radical (unpaired) electrons. The molecular formula is C24H13ClF3N5O3. The Hall–Kier alpha value is -4.51. The van der Waals surface area contributed by atoms with Gasteiger partial charge in [0.25, 0.3) is 11.6 Å². The van der Waals surface area contributed by atoms with E-state index in [1.807, 2.05) is 18.2 Å². The molecule has 5 aromatic rings. The topological polar surface area (TPSA) is 102 Å². The maximum Gasteiger partial charge on any atom is 0.433 e. The largest absolute Gasteiger partial charge is 0.433 e. The lowest BCUT2D eigenvalue weighted by Gasteiger charge is -2.13. The number of benzene rings is 3. The van der Waals surface area contributed by atoms with Crippen molar-refractivity contribution in [1.82, 2.24) is 14.6 Å². The summed E-state index contributed by atoms with van der Waals surface area (Å²) >= 11 is 6.05. The first-order chi connectivity index (χ1) is 17.1. The molecule has 0 saturated carbocycles. The van der Waals surface area contributed by atoms with E-state index in [0.29, 0.717) is 15.5 Å². The molecule has 0 saturated heterocycles. The number of non-ortho nitro benzene ring substituents is 1. The smallest absolute Gasteiger partial charge is 0.320 e. The number of carbonyl (C=O) groups is 1. The zero-order valence-electron chi connectivity index (χ0n) is 18.0. The number of aromatic nitrogens is 3. The number of nitro benzene ring substituents is 1. The number of nitrogens with zero attached hydrogens (tertiary/aromatic N) is 4. The summed E-state index contributed by atoms with van der Waals surface area (Å²) in [5, 5.41) is 18.7. The summed E-state index contributed by atoms with van der Waals surface area (Å²) in [6.07, 6.45) is -3.85. The SMILES string of the molecule is O=C(Nc1cc([N+](=O)[O-])ccc1Cl)c1cnn2c(C(F)(F)F)cc(-c3cccc4ccccc34)nc12. The Morgan fingerprint density at radius 1 is 1.06 bits per heavy atom. The van der Waals surface area contributed by atoms with E-state index in [4.69, 9.17) is 11.6 Å². The molecule has 0 aliphatic rings. The minimum Gasteiger partial charge on any atom is -0.320 e. The third-order valence-corrected chi connectivity index (χ3v) is 5.81. The maximum absolute atomic E-state index is 14.0. The minimum atomic E-state index is -4.80. The average Bonchev–Trinajstić information content (AvgIpc) is 3.27. The van der Waals surface area contributed by atoms with Crippen LogP contribution in [0.5, 0.6) is 0 Å². The van der Waals surface area contributed by atoms with E-state index in [1.165, 1.54) is 6.07 Å². The van der Waals surface area contributed by atoms with Gasteiger partial charge in [0.15, 0.2) is 11.3 Å². The van der Waals surface area contributed by atoms with Crippen molar-refractivity contribution in [3.63, 3.8) is 0 Å². The van der Waals surface area contributed by atoms with Crippen molar-refractivity contribution < 1.29 is 22.9 Å². The number of nitrogens with one attached hydrogen (secondary N) is 1. The van der Waals surface area contributed by atoms with E-state index in [0.717, 1.165) is 29.8 Å². The Morgan fingerprint density at radius 3 is 2.56 bits per heavy atom. The van der Waals surface area contributed by atoms with Gasteiger partial charge >= 0.3 is 6.18 Å². The molecule has 8 nitrogen and oxygen atoms in total. The van der Waals surface area contributed by atoms with E-state index in [9.17, 15) is 28.1 Å². The van der Waals surface area contributed by atoms with Gasteiger partial charge in [-0.15, -0.1) is 0 Å². The highest BCUT2D eigenvalue weighted by atomic mass is 35.5. The third kappa shape index (κ3) is 4.09. The molecule has 3 aromatic carbocycles. The number of hydrogen-bond donors (Lipinski definition) is 1. The van der Waals surface area contributed by atoms with Crippen molar-refractivity contribution in [2.24, 2.45) is 0 Å². The number of halogens is 4. The Labute approximate surface area is 205 Å². The van der Waals surface area contributed by atoms with Crippen LogP contribution >= 0.6 is 11.6 Å². The van der Waals surface area contributed by atoms with Crippen molar-refractivity contribution in [2.45, 2.75) is 6.18 Å². The van der Waals surface area contributed by atoms with Crippen molar-refractivity contribution in [3.05, 3.63) is 99.3 Å². The Kier molecular flexibility index (Phi) is 5.56. The zero-order chi connectivity index (χ0) is 25.6. The standard InChI is InChI=1S/C24H13ClF3N5O3/c25-18-9-8-14(33(35)36)10-20(18)31-23(34)17-12-29-32-21(24(26,27)28)11-19(30-22(17)32)16-7-3-5-13-4-1-2-6-15(13)16/h1-12H,(H,31,34). The fraction of sp³-hybridized carbons (Fsp3) is 0.0417. The number of anilines is 1. The fourth-order valence-corrected chi connectivity index (χ4v) is 3.99. The van der Waals surface area contributed by atoms with Gasteiger partial charge in [-0.2, -0.15) is 18.3 Å². The van der Waals surface area contributed by atoms with Crippen LogP contribution < -0.4 is 5.32 Å². The van der Waals surface area contributed by atoms with Crippen molar-refractivity contribution in [3.8, 4) is 11.3 Å². The molecule has 36 heavy (non-hydrogen) atoms. The van der Waals surface area contributed by atoms with Gasteiger partial charge in [-0.1, -0.05) is 54.1 Å². The summed E-state index contributed by atoms with van der Waals surface area (Å²) in [4.78, 5) is 27.8. The zero-order valence-corrected chi connectivity index (χ0v) is 18.7. The summed E-state index contributed by atoms with van der Waals surface area (Å²) in [7, 11) is 0. The Bertz CT molecular complexity index is 1680. The Balaban J connectivity index is 1.67. The second kappa shape index (κ2) is 8.61. The van der Waals surface area contributed by atoms with Crippen LogP contribution in [-0.4, -0.2) is 25.4 Å². The highest BCUT2D eigenvalue weighted by Gasteiger charge is 2.36. The molecule has 12 heteroatoms. The predicted octanol–water partition coefficient (Wildman–Crippen LogP) is 6.38. The lowest BCUT2D eigenvalue weighted by Crippen LogP contribution is -2.16. The molecule has 0 bridgehead atoms. The number of carbonyl (C=O) groups excluding carboxylic acids is 1. The minimum absolute atomic E-state index is 0.00504. The van der Waals surface area contributed by atoms with E-state index in [-0.39, 0.29) is 33.3 Å². The second-order valence-corrected chi connectivity index (χ2v) is 8.13. The first-order valence-electron chi connectivity index (χ1n) is 10.3. The first-order valence-corrected chi connectivity index (χ1v) is 10.7. The molecular weight excluding hydrogens is 499 g/mol. The van der Waals surface area contributed by atoms with E-state index in [1.54, 1.807) is 24.3 Å². The van der Waals surface area contributed by atoms with Crippen LogP contribution in [0.1, 0.15) is 16.1 Å². The Morgan fingerprint density at radius 2 is 1.81 bits per heavy atom. The van der Waals surface area contributed by atoms with Gasteiger partial charge in [0.1, 0.15) is 5.56 Å². The molecule has 0 aliphatic heterocycles. The lowest BCUT2D eigenvalue weighted by molar-refractivity contribution is -0.384. The summed E-state index contributed by atoms with van der Waals surface area (Å²) in [6.45, 7) is 0. The average molecular weight is 512 g/mol. The highest BCUT2D eigenvalue weighted by Crippen LogP contribution is 2.35. The molecule has 0 spiro atoms. The molecule has 0 unspecified atom stereocenters. The van der Waals surface area contributed by atoms with Crippen LogP contribution in [0, 0.1) is 10.1 Å². The number of rotatable bonds is 4. The summed E-state index contributed by atoms with van der Waals surface area (Å²) in [6, 6.07) is 16.6. The van der Waals surface area contributed by atoms with Gasteiger partial charge in [-0.25, -0.2) is 9.50 Å².